The summed E-state index contributed by atoms with van der Waals surface area (Å²) < 4.78 is 0. The van der Waals surface area contributed by atoms with E-state index in [0.29, 0.717) is 11.4 Å². The molecule has 1 unspecified atom stereocenters. The van der Waals surface area contributed by atoms with Crippen LogP contribution in [0.15, 0.2) is 42.5 Å². The third kappa shape index (κ3) is 2.51. The van der Waals surface area contributed by atoms with E-state index in [1.807, 2.05) is 37.3 Å². The first-order valence-corrected chi connectivity index (χ1v) is 7.38. The number of carbonyl (C=O) groups is 1. The number of hydrogen-bond donors (Lipinski definition) is 0. The molecule has 2 aromatic carbocycles. The van der Waals surface area contributed by atoms with E-state index in [-0.39, 0.29) is 11.7 Å². The van der Waals surface area contributed by atoms with E-state index < -0.39 is 0 Å². The van der Waals surface area contributed by atoms with E-state index in [0.717, 1.165) is 24.0 Å². The van der Waals surface area contributed by atoms with Crippen LogP contribution in [0, 0.1) is 6.92 Å². The summed E-state index contributed by atoms with van der Waals surface area (Å²) in [5.74, 6) is 0.323. The Morgan fingerprint density at radius 3 is 2.85 bits per heavy atom. The van der Waals surface area contributed by atoms with Crippen LogP contribution in [0.3, 0.4) is 0 Å². The Hall–Kier alpha value is -1.60. The largest absolute Gasteiger partial charge is 0.299 e. The third-order valence-corrected chi connectivity index (χ3v) is 4.45. The quantitative estimate of drug-likeness (QED) is 0.811. The Kier molecular flexibility index (Phi) is 3.62. The average Bonchev–Trinajstić information content (AvgIpc) is 2.86. The number of fused-ring (bicyclic) bond motifs is 1. The summed E-state index contributed by atoms with van der Waals surface area (Å²) in [6, 6.07) is 14.2. The third-order valence-electron chi connectivity index (χ3n) is 4.09. The molecule has 2 heteroatoms. The molecule has 0 bridgehead atoms. The van der Waals surface area contributed by atoms with E-state index >= 15 is 0 Å². The number of benzene rings is 2. The molecule has 0 saturated carbocycles. The molecule has 3 rings (SSSR count). The molecule has 0 amide bonds. The second-order valence-corrected chi connectivity index (χ2v) is 5.94. The SMILES string of the molecule is Cc1ccc(CC(=O)C2CCc3ccccc32)c(Cl)c1. The number of halogens is 1. The summed E-state index contributed by atoms with van der Waals surface area (Å²) in [5, 5.41) is 0.699. The van der Waals surface area contributed by atoms with Crippen molar-refractivity contribution in [3.8, 4) is 0 Å². The van der Waals surface area contributed by atoms with E-state index in [1.165, 1.54) is 11.1 Å². The fourth-order valence-electron chi connectivity index (χ4n) is 3.00. The number of Topliss-reactive ketones (excluding diaryl/α,β-unsaturated/α-hetero) is 1. The minimum Gasteiger partial charge on any atom is -0.299 e. The van der Waals surface area contributed by atoms with Gasteiger partial charge in [-0.15, -0.1) is 0 Å². The van der Waals surface area contributed by atoms with E-state index in [1.54, 1.807) is 0 Å². The summed E-state index contributed by atoms with van der Waals surface area (Å²) in [5.41, 5.74) is 4.59. The van der Waals surface area contributed by atoms with Crippen molar-refractivity contribution in [2.24, 2.45) is 0 Å². The van der Waals surface area contributed by atoms with Gasteiger partial charge in [0.2, 0.25) is 0 Å². The molecular weight excluding hydrogens is 268 g/mol. The van der Waals surface area contributed by atoms with Crippen molar-refractivity contribution in [3.05, 3.63) is 69.7 Å². The minimum absolute atomic E-state index is 0.0450. The molecular formula is C18H17ClO. The van der Waals surface area contributed by atoms with Gasteiger partial charge in [-0.05, 0) is 48.1 Å². The maximum Gasteiger partial charge on any atom is 0.144 e. The van der Waals surface area contributed by atoms with Crippen LogP contribution in [0.2, 0.25) is 5.02 Å². The molecule has 0 heterocycles. The van der Waals surface area contributed by atoms with Crippen molar-refractivity contribution in [1.82, 2.24) is 0 Å². The van der Waals surface area contributed by atoms with Crippen LogP contribution < -0.4 is 0 Å². The Morgan fingerprint density at radius 2 is 2.05 bits per heavy atom. The van der Waals surface area contributed by atoms with Crippen LogP contribution in [0.25, 0.3) is 0 Å². The molecule has 1 aliphatic rings. The number of rotatable bonds is 3. The van der Waals surface area contributed by atoms with Crippen molar-refractivity contribution >= 4 is 17.4 Å². The molecule has 0 aliphatic heterocycles. The number of aryl methyl sites for hydroxylation is 2. The van der Waals surface area contributed by atoms with Gasteiger partial charge >= 0.3 is 0 Å². The molecule has 0 radical (unpaired) electrons. The van der Waals surface area contributed by atoms with Crippen molar-refractivity contribution in [3.63, 3.8) is 0 Å². The zero-order valence-electron chi connectivity index (χ0n) is 11.5. The van der Waals surface area contributed by atoms with Crippen molar-refractivity contribution in [2.45, 2.75) is 32.1 Å². The minimum atomic E-state index is 0.0450. The highest BCUT2D eigenvalue weighted by Crippen LogP contribution is 2.34. The lowest BCUT2D eigenvalue weighted by Gasteiger charge is -2.11. The monoisotopic (exact) mass is 284 g/mol. The van der Waals surface area contributed by atoms with Gasteiger partial charge in [0.25, 0.3) is 0 Å². The first-order valence-electron chi connectivity index (χ1n) is 7.00. The van der Waals surface area contributed by atoms with Crippen LogP contribution in [0.4, 0.5) is 0 Å². The van der Waals surface area contributed by atoms with Gasteiger partial charge in [-0.25, -0.2) is 0 Å². The zero-order valence-corrected chi connectivity index (χ0v) is 12.3. The van der Waals surface area contributed by atoms with Gasteiger partial charge in [-0.1, -0.05) is 48.0 Å². The zero-order chi connectivity index (χ0) is 14.1. The maximum atomic E-state index is 12.6. The average molecular weight is 285 g/mol. The van der Waals surface area contributed by atoms with Crippen molar-refractivity contribution < 1.29 is 4.79 Å². The highest BCUT2D eigenvalue weighted by molar-refractivity contribution is 6.31. The van der Waals surface area contributed by atoms with E-state index in [4.69, 9.17) is 11.6 Å². The lowest BCUT2D eigenvalue weighted by atomic mass is 9.92. The smallest absolute Gasteiger partial charge is 0.144 e. The molecule has 0 saturated heterocycles. The second kappa shape index (κ2) is 5.41. The van der Waals surface area contributed by atoms with Gasteiger partial charge in [0.05, 0.1) is 0 Å². The summed E-state index contributed by atoms with van der Waals surface area (Å²) in [6.07, 6.45) is 2.37. The fraction of sp³-hybridized carbons (Fsp3) is 0.278. The highest BCUT2D eigenvalue weighted by Gasteiger charge is 2.28. The topological polar surface area (TPSA) is 17.1 Å². The van der Waals surface area contributed by atoms with Crippen LogP contribution in [-0.2, 0) is 17.6 Å². The first-order chi connectivity index (χ1) is 9.65. The van der Waals surface area contributed by atoms with Crippen LogP contribution in [0.5, 0.6) is 0 Å². The fourth-order valence-corrected chi connectivity index (χ4v) is 3.30. The van der Waals surface area contributed by atoms with Crippen molar-refractivity contribution in [2.75, 3.05) is 0 Å². The molecule has 1 aliphatic carbocycles. The summed E-state index contributed by atoms with van der Waals surface area (Å²) in [4.78, 5) is 12.6. The Bertz CT molecular complexity index is 660. The summed E-state index contributed by atoms with van der Waals surface area (Å²) in [6.45, 7) is 2.00. The van der Waals surface area contributed by atoms with Gasteiger partial charge in [-0.2, -0.15) is 0 Å². The predicted molar refractivity (Wildman–Crippen MR) is 82.4 cm³/mol. The lowest BCUT2D eigenvalue weighted by molar-refractivity contribution is -0.119. The number of hydrogen-bond acceptors (Lipinski definition) is 1. The molecule has 102 valence electrons. The molecule has 1 atom stereocenters. The van der Waals surface area contributed by atoms with Gasteiger partial charge in [0.1, 0.15) is 5.78 Å². The van der Waals surface area contributed by atoms with E-state index in [2.05, 4.69) is 12.1 Å². The van der Waals surface area contributed by atoms with Crippen molar-refractivity contribution in [1.29, 1.82) is 0 Å². The van der Waals surface area contributed by atoms with Crippen LogP contribution >= 0.6 is 11.6 Å². The summed E-state index contributed by atoms with van der Waals surface area (Å²) >= 11 is 6.23. The summed E-state index contributed by atoms with van der Waals surface area (Å²) in [7, 11) is 0. The number of ketones is 1. The van der Waals surface area contributed by atoms with Gasteiger partial charge in [0, 0.05) is 17.4 Å². The van der Waals surface area contributed by atoms with Gasteiger partial charge in [-0.3, -0.25) is 4.79 Å². The number of carbonyl (C=O) groups excluding carboxylic acids is 1. The van der Waals surface area contributed by atoms with Gasteiger partial charge in [0.15, 0.2) is 0 Å². The van der Waals surface area contributed by atoms with E-state index in [9.17, 15) is 4.79 Å². The first kappa shape index (κ1) is 13.4. The van der Waals surface area contributed by atoms with Crippen LogP contribution in [0.1, 0.15) is 34.6 Å². The second-order valence-electron chi connectivity index (χ2n) is 5.53. The Labute approximate surface area is 124 Å². The normalized spacial score (nSPS) is 17.0. The van der Waals surface area contributed by atoms with Crippen LogP contribution in [-0.4, -0.2) is 5.78 Å². The van der Waals surface area contributed by atoms with Gasteiger partial charge < -0.3 is 0 Å². The Morgan fingerprint density at radius 1 is 1.25 bits per heavy atom. The maximum absolute atomic E-state index is 12.6. The Balaban J connectivity index is 1.81. The molecule has 0 N–H and O–H groups in total. The lowest BCUT2D eigenvalue weighted by Crippen LogP contribution is -2.13. The standard InChI is InChI=1S/C18H17ClO/c1-12-6-7-14(17(19)10-12)11-18(20)16-9-8-13-4-2-3-5-15(13)16/h2-7,10,16H,8-9,11H2,1H3. The molecule has 2 aromatic rings. The highest BCUT2D eigenvalue weighted by atomic mass is 35.5. The molecule has 1 nitrogen and oxygen atoms in total. The predicted octanol–water partition coefficient (Wildman–Crippen LogP) is 4.49. The molecule has 0 aromatic heterocycles. The molecule has 20 heavy (non-hydrogen) atoms. The molecule has 0 spiro atoms. The molecule has 0 fully saturated rings.